The predicted octanol–water partition coefficient (Wildman–Crippen LogP) is 2.56. The summed E-state index contributed by atoms with van der Waals surface area (Å²) in [6.45, 7) is 0. The molecule has 0 unspecified atom stereocenters. The molecule has 1 aromatic heterocycles. The van der Waals surface area contributed by atoms with Crippen molar-refractivity contribution in [3.05, 3.63) is 32.0 Å². The monoisotopic (exact) mass is 277 g/mol. The molecule has 0 saturated heterocycles. The summed E-state index contributed by atoms with van der Waals surface area (Å²) in [7, 11) is 0. The molecule has 0 aliphatic heterocycles. The lowest BCUT2D eigenvalue weighted by molar-refractivity contribution is -0.387. The van der Waals surface area contributed by atoms with E-state index in [2.05, 4.69) is 20.9 Å². The fourth-order valence-corrected chi connectivity index (χ4v) is 1.43. The molecular formula is C7H2BrF2N3O2. The molecule has 1 rings (SSSR count). The Bertz CT molecular complexity index is 458. The third kappa shape index (κ3) is 2.07. The molecular weight excluding hydrogens is 276 g/mol. The van der Waals surface area contributed by atoms with Crippen LogP contribution in [0.25, 0.3) is 0 Å². The van der Waals surface area contributed by atoms with Gasteiger partial charge in [0.25, 0.3) is 12.1 Å². The Morgan fingerprint density at radius 2 is 2.27 bits per heavy atom. The van der Waals surface area contributed by atoms with Gasteiger partial charge in [-0.1, -0.05) is 0 Å². The van der Waals surface area contributed by atoms with Gasteiger partial charge in [-0.05, 0) is 15.9 Å². The van der Waals surface area contributed by atoms with E-state index in [1.165, 1.54) is 6.07 Å². The topological polar surface area (TPSA) is 79.8 Å². The summed E-state index contributed by atoms with van der Waals surface area (Å²) in [5, 5.41) is 19.0. The van der Waals surface area contributed by atoms with Crippen LogP contribution in [0.4, 0.5) is 14.5 Å². The van der Waals surface area contributed by atoms with E-state index in [0.29, 0.717) is 0 Å². The molecule has 0 aliphatic carbocycles. The number of rotatable bonds is 2. The van der Waals surface area contributed by atoms with Gasteiger partial charge in [-0.25, -0.2) is 13.8 Å². The van der Waals surface area contributed by atoms with Gasteiger partial charge in [-0.15, -0.1) is 0 Å². The minimum Gasteiger partial charge on any atom is -0.258 e. The van der Waals surface area contributed by atoms with Crippen LogP contribution in [0, 0.1) is 21.4 Å². The van der Waals surface area contributed by atoms with Gasteiger partial charge in [-0.3, -0.25) is 10.1 Å². The van der Waals surface area contributed by atoms with Crippen molar-refractivity contribution >= 4 is 21.6 Å². The smallest absolute Gasteiger partial charge is 0.258 e. The second-order valence-corrected chi connectivity index (χ2v) is 3.24. The van der Waals surface area contributed by atoms with Gasteiger partial charge in [0.1, 0.15) is 16.1 Å². The molecule has 0 saturated carbocycles. The van der Waals surface area contributed by atoms with Crippen molar-refractivity contribution < 1.29 is 13.7 Å². The Labute approximate surface area is 90.6 Å². The zero-order valence-electron chi connectivity index (χ0n) is 6.95. The van der Waals surface area contributed by atoms with Crippen LogP contribution in [0.1, 0.15) is 17.7 Å². The number of aromatic nitrogens is 1. The fourth-order valence-electron chi connectivity index (χ4n) is 0.974. The average molecular weight is 278 g/mol. The second kappa shape index (κ2) is 4.27. The van der Waals surface area contributed by atoms with Crippen LogP contribution in [0.3, 0.4) is 0 Å². The van der Waals surface area contributed by atoms with Crippen LogP contribution >= 0.6 is 15.9 Å². The predicted molar refractivity (Wildman–Crippen MR) is 48.3 cm³/mol. The molecule has 0 spiro atoms. The minimum atomic E-state index is -3.12. The first-order valence-corrected chi connectivity index (χ1v) is 4.29. The summed E-state index contributed by atoms with van der Waals surface area (Å²) >= 11 is 2.73. The number of hydrogen-bond donors (Lipinski definition) is 0. The highest BCUT2D eigenvalue weighted by Crippen LogP contribution is 2.35. The van der Waals surface area contributed by atoms with Crippen molar-refractivity contribution in [2.45, 2.75) is 6.43 Å². The fraction of sp³-hybridized carbons (Fsp3) is 0.143. The summed E-state index contributed by atoms with van der Waals surface area (Å²) < 4.78 is 24.8. The van der Waals surface area contributed by atoms with Crippen LogP contribution in [0.2, 0.25) is 0 Å². The van der Waals surface area contributed by atoms with E-state index in [1.807, 2.05) is 0 Å². The highest BCUT2D eigenvalue weighted by molar-refractivity contribution is 9.10. The van der Waals surface area contributed by atoms with Crippen LogP contribution in [0.5, 0.6) is 0 Å². The van der Waals surface area contributed by atoms with Gasteiger partial charge in [0, 0.05) is 6.20 Å². The van der Waals surface area contributed by atoms with Gasteiger partial charge < -0.3 is 0 Å². The maximum absolute atomic E-state index is 12.5. The van der Waals surface area contributed by atoms with Crippen molar-refractivity contribution in [2.75, 3.05) is 0 Å². The van der Waals surface area contributed by atoms with E-state index in [0.717, 1.165) is 6.20 Å². The quantitative estimate of drug-likeness (QED) is 0.615. The zero-order chi connectivity index (χ0) is 11.6. The number of pyridine rings is 1. The molecule has 0 amide bonds. The Morgan fingerprint density at radius 3 is 2.67 bits per heavy atom. The third-order valence-corrected chi connectivity index (χ3v) is 2.13. The maximum Gasteiger partial charge on any atom is 0.296 e. The molecule has 0 aliphatic rings. The van der Waals surface area contributed by atoms with Crippen molar-refractivity contribution in [3.63, 3.8) is 0 Å². The molecule has 0 atom stereocenters. The molecule has 0 N–H and O–H groups in total. The maximum atomic E-state index is 12.5. The second-order valence-electron chi connectivity index (χ2n) is 2.39. The highest BCUT2D eigenvalue weighted by atomic mass is 79.9. The molecule has 1 aromatic rings. The van der Waals surface area contributed by atoms with Gasteiger partial charge in [0.15, 0.2) is 5.69 Å². The van der Waals surface area contributed by atoms with Crippen molar-refractivity contribution in [2.24, 2.45) is 0 Å². The lowest BCUT2D eigenvalue weighted by Crippen LogP contribution is -2.02. The lowest BCUT2D eigenvalue weighted by atomic mass is 10.2. The Balaban J connectivity index is 3.60. The Morgan fingerprint density at radius 1 is 1.67 bits per heavy atom. The SMILES string of the molecule is N#Cc1ncc(Br)c([N+](=O)[O-])c1C(F)F. The highest BCUT2D eigenvalue weighted by Gasteiger charge is 2.29. The molecule has 0 bridgehead atoms. The molecule has 0 radical (unpaired) electrons. The standard InChI is InChI=1S/C7H2BrF2N3O2/c8-3-2-12-4(1-11)5(7(9)10)6(3)13(14)15/h2,7H. The Kier molecular flexibility index (Phi) is 3.26. The summed E-state index contributed by atoms with van der Waals surface area (Å²) in [5.74, 6) is 0. The minimum absolute atomic E-state index is 0.179. The van der Waals surface area contributed by atoms with E-state index in [9.17, 15) is 18.9 Å². The first-order chi connectivity index (χ1) is 6.99. The largest absolute Gasteiger partial charge is 0.296 e. The van der Waals surface area contributed by atoms with Gasteiger partial charge in [-0.2, -0.15) is 5.26 Å². The molecule has 0 aromatic carbocycles. The first kappa shape index (κ1) is 11.5. The number of alkyl halides is 2. The van der Waals surface area contributed by atoms with Gasteiger partial charge in [0.05, 0.1) is 4.92 Å². The average Bonchev–Trinajstić information content (AvgIpc) is 2.16. The molecule has 8 heteroatoms. The number of nitriles is 1. The molecule has 5 nitrogen and oxygen atoms in total. The summed E-state index contributed by atoms with van der Waals surface area (Å²) in [6.07, 6.45) is -2.17. The Hall–Kier alpha value is -1.62. The molecule has 15 heavy (non-hydrogen) atoms. The van der Waals surface area contributed by atoms with E-state index in [1.54, 1.807) is 0 Å². The molecule has 0 fully saturated rings. The van der Waals surface area contributed by atoms with Gasteiger partial charge >= 0.3 is 0 Å². The summed E-state index contributed by atoms with van der Waals surface area (Å²) in [4.78, 5) is 12.9. The number of nitrogens with zero attached hydrogens (tertiary/aromatic N) is 3. The lowest BCUT2D eigenvalue weighted by Gasteiger charge is -2.04. The first-order valence-electron chi connectivity index (χ1n) is 3.50. The van der Waals surface area contributed by atoms with Crippen molar-refractivity contribution in [3.8, 4) is 6.07 Å². The number of halogens is 3. The zero-order valence-corrected chi connectivity index (χ0v) is 8.53. The summed E-state index contributed by atoms with van der Waals surface area (Å²) in [5.41, 5.74) is -2.42. The van der Waals surface area contributed by atoms with Gasteiger partial charge in [0.2, 0.25) is 0 Å². The van der Waals surface area contributed by atoms with Crippen molar-refractivity contribution in [1.82, 2.24) is 4.98 Å². The normalized spacial score (nSPS) is 10.1. The van der Waals surface area contributed by atoms with Crippen LogP contribution in [-0.4, -0.2) is 9.91 Å². The third-order valence-electron chi connectivity index (χ3n) is 1.55. The summed E-state index contributed by atoms with van der Waals surface area (Å²) in [6, 6.07) is 1.38. The van der Waals surface area contributed by atoms with Crippen molar-refractivity contribution in [1.29, 1.82) is 5.26 Å². The van der Waals surface area contributed by atoms with E-state index in [-0.39, 0.29) is 4.47 Å². The molecule has 1 heterocycles. The van der Waals surface area contributed by atoms with Crippen LogP contribution in [-0.2, 0) is 0 Å². The number of nitro groups is 1. The van der Waals surface area contributed by atoms with Crippen LogP contribution in [0.15, 0.2) is 10.7 Å². The van der Waals surface area contributed by atoms with E-state index >= 15 is 0 Å². The van der Waals surface area contributed by atoms with E-state index in [4.69, 9.17) is 5.26 Å². The molecule has 78 valence electrons. The van der Waals surface area contributed by atoms with E-state index < -0.39 is 28.3 Å². The number of hydrogen-bond acceptors (Lipinski definition) is 4. The van der Waals surface area contributed by atoms with Crippen LogP contribution < -0.4 is 0 Å².